The molecule has 3 heterocycles. The Morgan fingerprint density at radius 3 is 2.59 bits per heavy atom. The molecule has 0 aliphatic carbocycles. The SMILES string of the molecule is COc1ccc(OC)c(N2C(=S)N[C@@H](c3ccccn3)[C@H]2c2ccc(-c3ccc(C(=O)O)cc3C)o2)c1. The van der Waals surface area contributed by atoms with E-state index in [1.165, 1.54) is 0 Å². The molecule has 0 amide bonds. The minimum absolute atomic E-state index is 0.227. The number of hydrogen-bond acceptors (Lipinski definition) is 6. The lowest BCUT2D eigenvalue weighted by Gasteiger charge is -2.27. The fourth-order valence-corrected chi connectivity index (χ4v) is 4.96. The lowest BCUT2D eigenvalue weighted by Crippen LogP contribution is -2.29. The van der Waals surface area contributed by atoms with E-state index in [1.54, 1.807) is 38.6 Å². The quantitative estimate of drug-likeness (QED) is 0.307. The minimum atomic E-state index is -0.971. The normalized spacial score (nSPS) is 16.9. The van der Waals surface area contributed by atoms with Gasteiger partial charge in [0.1, 0.15) is 29.1 Å². The number of aromatic nitrogens is 1. The number of nitrogens with zero attached hydrogens (tertiary/aromatic N) is 2. The third kappa shape index (κ3) is 4.49. The number of aryl methyl sites for hydroxylation is 1. The monoisotopic (exact) mass is 515 g/mol. The van der Waals surface area contributed by atoms with Gasteiger partial charge in [0.15, 0.2) is 5.11 Å². The average molecular weight is 516 g/mol. The van der Waals surface area contributed by atoms with E-state index in [-0.39, 0.29) is 11.6 Å². The van der Waals surface area contributed by atoms with Gasteiger partial charge in [-0.15, -0.1) is 0 Å². The molecule has 2 N–H and O–H groups in total. The number of anilines is 1. The van der Waals surface area contributed by atoms with Crippen LogP contribution in [0.1, 0.15) is 39.5 Å². The molecule has 37 heavy (non-hydrogen) atoms. The molecule has 8 nitrogen and oxygen atoms in total. The zero-order chi connectivity index (χ0) is 26.1. The zero-order valence-corrected chi connectivity index (χ0v) is 21.3. The molecule has 0 radical (unpaired) electrons. The van der Waals surface area contributed by atoms with Crippen LogP contribution in [-0.4, -0.2) is 35.4 Å². The first kappa shape index (κ1) is 24.3. The van der Waals surface area contributed by atoms with Crippen molar-refractivity contribution in [3.05, 3.63) is 95.5 Å². The second-order valence-electron chi connectivity index (χ2n) is 8.57. The van der Waals surface area contributed by atoms with Crippen molar-refractivity contribution in [3.8, 4) is 22.8 Å². The first-order valence-corrected chi connectivity index (χ1v) is 12.0. The van der Waals surface area contributed by atoms with Crippen LogP contribution in [0.15, 0.2) is 77.3 Å². The molecule has 2 atom stereocenters. The van der Waals surface area contributed by atoms with E-state index >= 15 is 0 Å². The van der Waals surface area contributed by atoms with Crippen molar-refractivity contribution in [2.75, 3.05) is 19.1 Å². The highest BCUT2D eigenvalue weighted by Gasteiger charge is 2.43. The zero-order valence-electron chi connectivity index (χ0n) is 20.5. The molecular formula is C28H25N3O5S. The number of thiocarbonyl (C=S) groups is 1. The number of carboxylic acids is 1. The average Bonchev–Trinajstić information content (AvgIpc) is 3.53. The van der Waals surface area contributed by atoms with Crippen molar-refractivity contribution >= 4 is 29.0 Å². The topological polar surface area (TPSA) is 97.1 Å². The Balaban J connectivity index is 1.63. The summed E-state index contributed by atoms with van der Waals surface area (Å²) in [5.74, 6) is 1.60. The summed E-state index contributed by atoms with van der Waals surface area (Å²) in [6.45, 7) is 1.86. The Morgan fingerprint density at radius 2 is 1.92 bits per heavy atom. The third-order valence-corrected chi connectivity index (χ3v) is 6.72. The molecule has 188 valence electrons. The van der Waals surface area contributed by atoms with Crippen molar-refractivity contribution in [3.63, 3.8) is 0 Å². The van der Waals surface area contributed by atoms with Crippen LogP contribution in [0.5, 0.6) is 11.5 Å². The largest absolute Gasteiger partial charge is 0.497 e. The lowest BCUT2D eigenvalue weighted by atomic mass is 10.0. The smallest absolute Gasteiger partial charge is 0.335 e. The fraction of sp³-hybridized carbons (Fsp3) is 0.179. The molecular weight excluding hydrogens is 490 g/mol. The van der Waals surface area contributed by atoms with Crippen LogP contribution in [0.4, 0.5) is 5.69 Å². The number of furan rings is 1. The van der Waals surface area contributed by atoms with Gasteiger partial charge in [0.2, 0.25) is 0 Å². The first-order valence-electron chi connectivity index (χ1n) is 11.6. The van der Waals surface area contributed by atoms with Crippen molar-refractivity contribution in [2.45, 2.75) is 19.0 Å². The van der Waals surface area contributed by atoms with E-state index in [0.717, 1.165) is 22.5 Å². The molecule has 5 rings (SSSR count). The second-order valence-corrected chi connectivity index (χ2v) is 8.96. The number of pyridine rings is 1. The van der Waals surface area contributed by atoms with Crippen LogP contribution in [0.25, 0.3) is 11.3 Å². The van der Waals surface area contributed by atoms with Gasteiger partial charge in [-0.05, 0) is 73.2 Å². The highest BCUT2D eigenvalue weighted by atomic mass is 32.1. The summed E-state index contributed by atoms with van der Waals surface area (Å²) in [4.78, 5) is 17.9. The molecule has 0 spiro atoms. The summed E-state index contributed by atoms with van der Waals surface area (Å²) >= 11 is 5.82. The van der Waals surface area contributed by atoms with E-state index in [2.05, 4.69) is 10.3 Å². The second kappa shape index (κ2) is 9.94. The van der Waals surface area contributed by atoms with Crippen molar-refractivity contribution < 1.29 is 23.8 Å². The van der Waals surface area contributed by atoms with Gasteiger partial charge in [-0.2, -0.15) is 0 Å². The van der Waals surface area contributed by atoms with Gasteiger partial charge in [0, 0.05) is 17.8 Å². The van der Waals surface area contributed by atoms with Crippen LogP contribution in [0.2, 0.25) is 0 Å². The molecule has 2 aromatic carbocycles. The van der Waals surface area contributed by atoms with Crippen LogP contribution in [0.3, 0.4) is 0 Å². The number of nitrogens with one attached hydrogen (secondary N) is 1. The molecule has 1 saturated heterocycles. The molecule has 4 aromatic rings. The van der Waals surface area contributed by atoms with Crippen LogP contribution in [-0.2, 0) is 0 Å². The van der Waals surface area contributed by atoms with Gasteiger partial charge < -0.3 is 29.2 Å². The molecule has 1 aliphatic rings. The summed E-state index contributed by atoms with van der Waals surface area (Å²) < 4.78 is 17.6. The van der Waals surface area contributed by atoms with Gasteiger partial charge in [-0.1, -0.05) is 12.1 Å². The molecule has 9 heteroatoms. The molecule has 0 saturated carbocycles. The van der Waals surface area contributed by atoms with Gasteiger partial charge in [-0.25, -0.2) is 4.79 Å². The number of methoxy groups -OCH3 is 2. The maximum absolute atomic E-state index is 11.4. The number of hydrogen-bond donors (Lipinski definition) is 2. The number of carboxylic acid groups (broad SMARTS) is 1. The number of aromatic carboxylic acids is 1. The first-order chi connectivity index (χ1) is 17.9. The van der Waals surface area contributed by atoms with Gasteiger partial charge in [-0.3, -0.25) is 4.98 Å². The van der Waals surface area contributed by atoms with Crippen molar-refractivity contribution in [1.82, 2.24) is 10.3 Å². The van der Waals surface area contributed by atoms with Crippen molar-refractivity contribution in [1.29, 1.82) is 0 Å². The van der Waals surface area contributed by atoms with Crippen LogP contribution < -0.4 is 19.7 Å². The maximum atomic E-state index is 11.4. The standard InChI is InChI=1S/C28H25N3O5S/c1-16-14-17(27(32)33)7-9-19(16)22-11-12-24(36-22)26-25(20-6-4-5-13-29-20)30-28(37)31(26)21-15-18(34-2)8-10-23(21)35-3/h4-15,25-26H,1-3H3,(H,30,37)(H,32,33)/t25-,26+/m0/s1. The maximum Gasteiger partial charge on any atom is 0.335 e. The van der Waals surface area contributed by atoms with Gasteiger partial charge >= 0.3 is 5.97 Å². The number of ether oxygens (including phenoxy) is 2. The Bertz CT molecular complexity index is 1470. The fourth-order valence-electron chi connectivity index (χ4n) is 4.62. The molecule has 2 aromatic heterocycles. The van der Waals surface area contributed by atoms with Gasteiger partial charge in [0.25, 0.3) is 0 Å². The predicted molar refractivity (Wildman–Crippen MR) is 143 cm³/mol. The van der Waals surface area contributed by atoms with Gasteiger partial charge in [0.05, 0.1) is 37.2 Å². The van der Waals surface area contributed by atoms with E-state index in [1.807, 2.05) is 60.4 Å². The summed E-state index contributed by atoms with van der Waals surface area (Å²) in [7, 11) is 3.22. The Morgan fingerprint density at radius 1 is 1.08 bits per heavy atom. The number of carbonyl (C=O) groups is 1. The van der Waals surface area contributed by atoms with Crippen molar-refractivity contribution in [2.24, 2.45) is 0 Å². The molecule has 0 bridgehead atoms. The van der Waals surface area contributed by atoms with E-state index in [9.17, 15) is 9.90 Å². The van der Waals surface area contributed by atoms with Crippen LogP contribution in [0, 0.1) is 6.92 Å². The molecule has 1 fully saturated rings. The number of rotatable bonds is 7. The molecule has 1 aliphatic heterocycles. The highest BCUT2D eigenvalue weighted by Crippen LogP contribution is 2.46. The summed E-state index contributed by atoms with van der Waals surface area (Å²) in [6.07, 6.45) is 1.74. The molecule has 0 unspecified atom stereocenters. The summed E-state index contributed by atoms with van der Waals surface area (Å²) in [5.41, 5.74) is 3.37. The Labute approximate surface area is 219 Å². The number of benzene rings is 2. The summed E-state index contributed by atoms with van der Waals surface area (Å²) in [5, 5.41) is 13.2. The van der Waals surface area contributed by atoms with Crippen LogP contribution >= 0.6 is 12.2 Å². The lowest BCUT2D eigenvalue weighted by molar-refractivity contribution is 0.0696. The predicted octanol–water partition coefficient (Wildman–Crippen LogP) is 5.54. The Hall–Kier alpha value is -4.37. The van der Waals surface area contributed by atoms with E-state index in [0.29, 0.717) is 28.1 Å². The highest BCUT2D eigenvalue weighted by molar-refractivity contribution is 7.80. The Kier molecular flexibility index (Phi) is 6.54. The van der Waals surface area contributed by atoms with E-state index in [4.69, 9.17) is 26.1 Å². The minimum Gasteiger partial charge on any atom is -0.497 e. The third-order valence-electron chi connectivity index (χ3n) is 6.40. The van der Waals surface area contributed by atoms with E-state index < -0.39 is 12.0 Å². The summed E-state index contributed by atoms with van der Waals surface area (Å²) in [6, 6.07) is 19.3.